The number of nitrogens with zero attached hydrogens (tertiary/aromatic N) is 1. The fourth-order valence-electron chi connectivity index (χ4n) is 1.26. The third-order valence-corrected chi connectivity index (χ3v) is 2.00. The number of hydrogen-bond acceptors (Lipinski definition) is 5. The molecule has 0 amide bonds. The number of ether oxygens (including phenoxy) is 1. The smallest absolute Gasteiger partial charge is 0.272 e. The van der Waals surface area contributed by atoms with Crippen LogP contribution >= 0.6 is 0 Å². The molecule has 2 rings (SSSR count). The van der Waals surface area contributed by atoms with Gasteiger partial charge in [0.25, 0.3) is 10.9 Å². The van der Waals surface area contributed by atoms with E-state index in [0.29, 0.717) is 5.69 Å². The zero-order valence-corrected chi connectivity index (χ0v) is 7.98. The van der Waals surface area contributed by atoms with Gasteiger partial charge in [-0.1, -0.05) is 0 Å². The number of nitrogens with one attached hydrogen (secondary N) is 1. The summed E-state index contributed by atoms with van der Waals surface area (Å²) in [6.45, 7) is 0. The standard InChI is InChI=1S/C10H8N2O3/c1-15-10-7(8(13)9(10)14)12-6-3-2-4-11-5-6/h2-5,12H,1H3. The molecule has 2 aromatic rings. The molecule has 1 heterocycles. The summed E-state index contributed by atoms with van der Waals surface area (Å²) in [6.07, 6.45) is 3.17. The Balaban J connectivity index is 2.30. The highest BCUT2D eigenvalue weighted by Gasteiger charge is 2.21. The largest absolute Gasteiger partial charge is 0.491 e. The van der Waals surface area contributed by atoms with Crippen LogP contribution in [0.25, 0.3) is 0 Å². The molecule has 0 unspecified atom stereocenters. The average Bonchev–Trinajstić information content (AvgIpc) is 2.29. The van der Waals surface area contributed by atoms with Crippen LogP contribution in [-0.4, -0.2) is 12.1 Å². The second-order valence-electron chi connectivity index (χ2n) is 2.93. The van der Waals surface area contributed by atoms with Gasteiger partial charge in [-0.3, -0.25) is 14.6 Å². The maximum atomic E-state index is 11.2. The van der Waals surface area contributed by atoms with Crippen LogP contribution < -0.4 is 20.9 Å². The van der Waals surface area contributed by atoms with Crippen molar-refractivity contribution in [3.63, 3.8) is 0 Å². The second kappa shape index (κ2) is 3.53. The summed E-state index contributed by atoms with van der Waals surface area (Å²) < 4.78 is 4.78. The Hall–Kier alpha value is -2.17. The summed E-state index contributed by atoms with van der Waals surface area (Å²) in [6, 6.07) is 3.46. The molecule has 0 radical (unpaired) electrons. The van der Waals surface area contributed by atoms with Crippen molar-refractivity contribution in [1.29, 1.82) is 0 Å². The highest BCUT2D eigenvalue weighted by Crippen LogP contribution is 2.20. The van der Waals surface area contributed by atoms with Crippen molar-refractivity contribution in [3.05, 3.63) is 45.0 Å². The first-order valence-electron chi connectivity index (χ1n) is 4.28. The van der Waals surface area contributed by atoms with Crippen molar-refractivity contribution in [2.45, 2.75) is 0 Å². The van der Waals surface area contributed by atoms with Crippen LogP contribution in [0.5, 0.6) is 5.75 Å². The Morgan fingerprint density at radius 3 is 2.73 bits per heavy atom. The summed E-state index contributed by atoms with van der Waals surface area (Å²) in [7, 11) is 1.35. The predicted molar refractivity (Wildman–Crippen MR) is 55.4 cm³/mol. The summed E-state index contributed by atoms with van der Waals surface area (Å²) in [5.74, 6) is 0.0730. The quantitative estimate of drug-likeness (QED) is 0.734. The van der Waals surface area contributed by atoms with E-state index in [1.807, 2.05) is 0 Å². The van der Waals surface area contributed by atoms with Crippen LogP contribution in [0.3, 0.4) is 0 Å². The van der Waals surface area contributed by atoms with Gasteiger partial charge < -0.3 is 10.1 Å². The molecule has 76 valence electrons. The highest BCUT2D eigenvalue weighted by atomic mass is 16.5. The van der Waals surface area contributed by atoms with E-state index in [2.05, 4.69) is 10.3 Å². The van der Waals surface area contributed by atoms with Crippen LogP contribution in [0.4, 0.5) is 11.4 Å². The minimum Gasteiger partial charge on any atom is -0.491 e. The molecule has 0 atom stereocenters. The zero-order chi connectivity index (χ0) is 10.8. The molecule has 0 spiro atoms. The van der Waals surface area contributed by atoms with Gasteiger partial charge in [0.15, 0.2) is 5.75 Å². The average molecular weight is 204 g/mol. The molecule has 0 aliphatic carbocycles. The molecule has 0 aliphatic rings. The van der Waals surface area contributed by atoms with E-state index in [9.17, 15) is 9.59 Å². The van der Waals surface area contributed by atoms with E-state index in [1.54, 1.807) is 24.5 Å². The molecule has 0 saturated carbocycles. The Morgan fingerprint density at radius 1 is 1.33 bits per heavy atom. The van der Waals surface area contributed by atoms with Crippen LogP contribution in [-0.2, 0) is 0 Å². The molecule has 0 aliphatic heterocycles. The Morgan fingerprint density at radius 2 is 2.13 bits per heavy atom. The minimum atomic E-state index is -0.594. The monoisotopic (exact) mass is 204 g/mol. The van der Waals surface area contributed by atoms with Gasteiger partial charge in [0.1, 0.15) is 5.69 Å². The van der Waals surface area contributed by atoms with Gasteiger partial charge >= 0.3 is 0 Å². The number of anilines is 2. The fraction of sp³-hybridized carbons (Fsp3) is 0.100. The topological polar surface area (TPSA) is 68.3 Å². The minimum absolute atomic E-state index is 0.0730. The van der Waals surface area contributed by atoms with E-state index >= 15 is 0 Å². The first kappa shape index (κ1) is 9.39. The van der Waals surface area contributed by atoms with Crippen LogP contribution in [0.15, 0.2) is 34.1 Å². The van der Waals surface area contributed by atoms with Gasteiger partial charge in [-0.25, -0.2) is 0 Å². The summed E-state index contributed by atoms with van der Waals surface area (Å²) >= 11 is 0. The Kier molecular flexibility index (Phi) is 2.21. The number of methoxy groups -OCH3 is 1. The van der Waals surface area contributed by atoms with Crippen LogP contribution in [0.1, 0.15) is 0 Å². The Labute approximate surface area is 85.0 Å². The third-order valence-electron chi connectivity index (χ3n) is 2.00. The number of rotatable bonds is 3. The van der Waals surface area contributed by atoms with Gasteiger partial charge in [-0.05, 0) is 12.1 Å². The molecular weight excluding hydrogens is 196 g/mol. The van der Waals surface area contributed by atoms with E-state index in [-0.39, 0.29) is 11.4 Å². The lowest BCUT2D eigenvalue weighted by molar-refractivity contribution is 0.408. The van der Waals surface area contributed by atoms with Crippen LogP contribution in [0.2, 0.25) is 0 Å². The highest BCUT2D eigenvalue weighted by molar-refractivity contribution is 5.69. The van der Waals surface area contributed by atoms with E-state index < -0.39 is 10.9 Å². The van der Waals surface area contributed by atoms with E-state index in [4.69, 9.17) is 4.74 Å². The molecule has 1 N–H and O–H groups in total. The molecule has 1 aromatic carbocycles. The van der Waals surface area contributed by atoms with Gasteiger partial charge in [-0.15, -0.1) is 0 Å². The maximum Gasteiger partial charge on any atom is 0.272 e. The number of hydrogen-bond donors (Lipinski definition) is 1. The van der Waals surface area contributed by atoms with Gasteiger partial charge in [-0.2, -0.15) is 0 Å². The van der Waals surface area contributed by atoms with Gasteiger partial charge in [0.05, 0.1) is 19.0 Å². The summed E-state index contributed by atoms with van der Waals surface area (Å²) in [4.78, 5) is 26.0. The van der Waals surface area contributed by atoms with Crippen molar-refractivity contribution in [1.82, 2.24) is 4.98 Å². The van der Waals surface area contributed by atoms with Gasteiger partial charge in [0, 0.05) is 6.20 Å². The molecule has 15 heavy (non-hydrogen) atoms. The Bertz CT molecular complexity index is 541. The third kappa shape index (κ3) is 1.48. The molecule has 0 fully saturated rings. The van der Waals surface area contributed by atoms with Crippen molar-refractivity contribution in [2.75, 3.05) is 12.4 Å². The van der Waals surface area contributed by atoms with Crippen molar-refractivity contribution in [3.8, 4) is 5.75 Å². The van der Waals surface area contributed by atoms with Gasteiger partial charge in [0.2, 0.25) is 0 Å². The maximum absolute atomic E-state index is 11.2. The molecule has 0 saturated heterocycles. The second-order valence-corrected chi connectivity index (χ2v) is 2.93. The zero-order valence-electron chi connectivity index (χ0n) is 7.98. The number of aromatic nitrogens is 1. The lowest BCUT2D eigenvalue weighted by Gasteiger charge is -2.10. The van der Waals surface area contributed by atoms with E-state index in [0.717, 1.165) is 0 Å². The molecule has 1 aromatic heterocycles. The fourth-order valence-corrected chi connectivity index (χ4v) is 1.26. The summed E-state index contributed by atoms with van der Waals surface area (Å²) in [5.41, 5.74) is -0.321. The van der Waals surface area contributed by atoms with Crippen molar-refractivity contribution < 1.29 is 4.74 Å². The van der Waals surface area contributed by atoms with Crippen LogP contribution in [0, 0.1) is 0 Å². The molecule has 5 heteroatoms. The lowest BCUT2D eigenvalue weighted by atomic mass is 10.2. The first-order valence-corrected chi connectivity index (χ1v) is 4.28. The lowest BCUT2D eigenvalue weighted by Crippen LogP contribution is -2.34. The molecule has 5 nitrogen and oxygen atoms in total. The normalized spacial score (nSPS) is 10.2. The number of pyridine rings is 1. The SMILES string of the molecule is COc1c(Nc2cccnc2)c(=O)c1=O. The molecular formula is C10H8N2O3. The first-order chi connectivity index (χ1) is 7.24. The predicted octanol–water partition coefficient (Wildman–Crippen LogP) is 0.430. The van der Waals surface area contributed by atoms with Crippen molar-refractivity contribution in [2.24, 2.45) is 0 Å². The summed E-state index contributed by atoms with van der Waals surface area (Å²) in [5, 5.41) is 2.78. The molecule has 0 bridgehead atoms. The van der Waals surface area contributed by atoms with E-state index in [1.165, 1.54) is 7.11 Å². The van der Waals surface area contributed by atoms with Crippen molar-refractivity contribution >= 4 is 11.4 Å².